The van der Waals surface area contributed by atoms with E-state index in [2.05, 4.69) is 54.6 Å². The lowest BCUT2D eigenvalue weighted by molar-refractivity contribution is -0.113. The van der Waals surface area contributed by atoms with Gasteiger partial charge in [-0.15, -0.1) is 10.2 Å². The molecule has 1 aromatic heterocycles. The van der Waals surface area contributed by atoms with Crippen molar-refractivity contribution >= 4 is 39.8 Å². The van der Waals surface area contributed by atoms with Crippen LogP contribution in [0.3, 0.4) is 0 Å². The van der Waals surface area contributed by atoms with Gasteiger partial charge in [0, 0.05) is 12.2 Å². The second-order valence-corrected chi connectivity index (χ2v) is 8.63. The summed E-state index contributed by atoms with van der Waals surface area (Å²) in [6.45, 7) is 9.39. The summed E-state index contributed by atoms with van der Waals surface area (Å²) in [6.07, 6.45) is 1.04. The lowest BCUT2D eigenvalue weighted by atomic mass is 9.86. The molecule has 0 aliphatic heterocycles. The van der Waals surface area contributed by atoms with Gasteiger partial charge in [-0.25, -0.2) is 0 Å². The number of carbonyl (C=O) groups is 1. The van der Waals surface area contributed by atoms with E-state index in [-0.39, 0.29) is 11.3 Å². The van der Waals surface area contributed by atoms with Crippen LogP contribution in [0.4, 0.5) is 10.8 Å². The summed E-state index contributed by atoms with van der Waals surface area (Å²) < 4.78 is 0.799. The third-order valence-electron chi connectivity index (χ3n) is 3.27. The molecule has 2 aromatic rings. The van der Waals surface area contributed by atoms with Crippen molar-refractivity contribution in [3.63, 3.8) is 0 Å². The molecule has 0 bridgehead atoms. The van der Waals surface area contributed by atoms with Gasteiger partial charge in [0.1, 0.15) is 0 Å². The largest absolute Gasteiger partial charge is 0.360 e. The Kier molecular flexibility index (Phi) is 6.62. The molecule has 0 fully saturated rings. The fraction of sp³-hybridized carbons (Fsp3) is 0.471. The van der Waals surface area contributed by atoms with E-state index in [4.69, 9.17) is 0 Å². The highest BCUT2D eigenvalue weighted by atomic mass is 32.2. The highest BCUT2D eigenvalue weighted by molar-refractivity contribution is 8.01. The van der Waals surface area contributed by atoms with Gasteiger partial charge < -0.3 is 10.6 Å². The number of aromatic nitrogens is 2. The van der Waals surface area contributed by atoms with E-state index in [0.29, 0.717) is 5.75 Å². The van der Waals surface area contributed by atoms with Gasteiger partial charge in [-0.3, -0.25) is 4.79 Å². The highest BCUT2D eigenvalue weighted by Crippen LogP contribution is 2.30. The first-order valence-corrected chi connectivity index (χ1v) is 9.80. The third kappa shape index (κ3) is 5.49. The molecule has 0 atom stereocenters. The number of nitrogens with zero attached hydrogens (tertiary/aromatic N) is 2. The van der Waals surface area contributed by atoms with Crippen LogP contribution >= 0.6 is 23.1 Å². The van der Waals surface area contributed by atoms with E-state index < -0.39 is 0 Å². The topological polar surface area (TPSA) is 66.9 Å². The van der Waals surface area contributed by atoms with Crippen LogP contribution in [0, 0.1) is 0 Å². The number of rotatable bonds is 7. The average molecular weight is 365 g/mol. The minimum absolute atomic E-state index is 0.0178. The molecular formula is C17H24N4OS2. The molecule has 2 N–H and O–H groups in total. The standard InChI is InChI=1S/C17H24N4OS2/c1-5-10-18-15-20-21-16(24-15)23-11-14(22)19-13-9-7-6-8-12(13)17(2,3)4/h6-9H,5,10-11H2,1-4H3,(H,18,20)(H,19,22). The van der Waals surface area contributed by atoms with Crippen molar-refractivity contribution in [3.8, 4) is 0 Å². The predicted molar refractivity (Wildman–Crippen MR) is 103 cm³/mol. The average Bonchev–Trinajstić information content (AvgIpc) is 2.98. The molecule has 130 valence electrons. The molecule has 0 saturated heterocycles. The fourth-order valence-corrected chi connectivity index (χ4v) is 3.71. The minimum atomic E-state index is -0.0324. The maximum Gasteiger partial charge on any atom is 0.234 e. The molecule has 2 rings (SSSR count). The van der Waals surface area contributed by atoms with Gasteiger partial charge in [-0.05, 0) is 23.5 Å². The van der Waals surface area contributed by atoms with Gasteiger partial charge in [-0.1, -0.05) is 69.0 Å². The van der Waals surface area contributed by atoms with Crippen molar-refractivity contribution in [3.05, 3.63) is 29.8 Å². The number of anilines is 2. The van der Waals surface area contributed by atoms with Gasteiger partial charge in [0.15, 0.2) is 4.34 Å². The van der Waals surface area contributed by atoms with E-state index >= 15 is 0 Å². The summed E-state index contributed by atoms with van der Waals surface area (Å²) in [5.41, 5.74) is 1.99. The number of thioether (sulfide) groups is 1. The molecule has 0 spiro atoms. The lowest BCUT2D eigenvalue weighted by Crippen LogP contribution is -2.19. The molecule has 5 nitrogen and oxygen atoms in total. The Balaban J connectivity index is 1.91. The SMILES string of the molecule is CCCNc1nnc(SCC(=O)Nc2ccccc2C(C)(C)C)s1. The summed E-state index contributed by atoms with van der Waals surface area (Å²) in [7, 11) is 0. The molecule has 0 aliphatic rings. The number of benzene rings is 1. The molecule has 0 aliphatic carbocycles. The van der Waals surface area contributed by atoms with E-state index in [9.17, 15) is 4.79 Å². The van der Waals surface area contributed by atoms with Crippen molar-refractivity contribution < 1.29 is 4.79 Å². The maximum atomic E-state index is 12.3. The van der Waals surface area contributed by atoms with Crippen LogP contribution in [0.15, 0.2) is 28.6 Å². The number of hydrogen-bond donors (Lipinski definition) is 2. The summed E-state index contributed by atoms with van der Waals surface area (Å²) in [4.78, 5) is 12.3. The molecule has 0 radical (unpaired) electrons. The van der Waals surface area contributed by atoms with E-state index in [0.717, 1.165) is 33.7 Å². The van der Waals surface area contributed by atoms with Crippen LogP contribution in [0.5, 0.6) is 0 Å². The molecule has 0 saturated carbocycles. The Morgan fingerprint density at radius 1 is 1.25 bits per heavy atom. The van der Waals surface area contributed by atoms with Gasteiger partial charge >= 0.3 is 0 Å². The van der Waals surface area contributed by atoms with E-state index in [1.165, 1.54) is 23.1 Å². The molecule has 0 unspecified atom stereocenters. The van der Waals surface area contributed by atoms with Crippen LogP contribution in [0.2, 0.25) is 0 Å². The Bertz CT molecular complexity index is 679. The Hall–Kier alpha value is -1.60. The summed E-state index contributed by atoms with van der Waals surface area (Å²) >= 11 is 2.89. The lowest BCUT2D eigenvalue weighted by Gasteiger charge is -2.22. The second-order valence-electron chi connectivity index (χ2n) is 6.43. The fourth-order valence-electron chi connectivity index (χ4n) is 2.13. The van der Waals surface area contributed by atoms with Crippen molar-refractivity contribution in [2.24, 2.45) is 0 Å². The Morgan fingerprint density at radius 2 is 2.00 bits per heavy atom. The van der Waals surface area contributed by atoms with E-state index in [1.54, 1.807) is 0 Å². The summed E-state index contributed by atoms with van der Waals surface area (Å²) in [5, 5.41) is 15.2. The normalized spacial score (nSPS) is 11.3. The Morgan fingerprint density at radius 3 is 2.71 bits per heavy atom. The van der Waals surface area contributed by atoms with Crippen LogP contribution < -0.4 is 10.6 Å². The first kappa shape index (κ1) is 18.7. The first-order chi connectivity index (χ1) is 11.4. The monoisotopic (exact) mass is 364 g/mol. The second kappa shape index (κ2) is 8.48. The van der Waals surface area contributed by atoms with Crippen LogP contribution in [-0.2, 0) is 10.2 Å². The third-order valence-corrected chi connectivity index (χ3v) is 5.28. The highest BCUT2D eigenvalue weighted by Gasteiger charge is 2.18. The molecule has 24 heavy (non-hydrogen) atoms. The number of hydrogen-bond acceptors (Lipinski definition) is 6. The minimum Gasteiger partial charge on any atom is -0.360 e. The molecule has 1 heterocycles. The Labute approximate surface area is 151 Å². The number of carbonyl (C=O) groups excluding carboxylic acids is 1. The zero-order valence-corrected chi connectivity index (χ0v) is 16.2. The first-order valence-electron chi connectivity index (χ1n) is 7.99. The molecule has 7 heteroatoms. The number of nitrogens with one attached hydrogen (secondary N) is 2. The zero-order chi connectivity index (χ0) is 17.6. The summed E-state index contributed by atoms with van der Waals surface area (Å²) in [5.74, 6) is 0.288. The van der Waals surface area contributed by atoms with Crippen molar-refractivity contribution in [1.82, 2.24) is 10.2 Å². The van der Waals surface area contributed by atoms with Crippen molar-refractivity contribution in [1.29, 1.82) is 0 Å². The van der Waals surface area contributed by atoms with Gasteiger partial charge in [-0.2, -0.15) is 0 Å². The number of amides is 1. The van der Waals surface area contributed by atoms with Gasteiger partial charge in [0.25, 0.3) is 0 Å². The van der Waals surface area contributed by atoms with E-state index in [1.807, 2.05) is 18.2 Å². The quantitative estimate of drug-likeness (QED) is 0.713. The van der Waals surface area contributed by atoms with Crippen molar-refractivity contribution in [2.75, 3.05) is 22.9 Å². The smallest absolute Gasteiger partial charge is 0.234 e. The van der Waals surface area contributed by atoms with Crippen LogP contribution in [0.1, 0.15) is 39.7 Å². The van der Waals surface area contributed by atoms with Gasteiger partial charge in [0.05, 0.1) is 5.75 Å². The van der Waals surface area contributed by atoms with Crippen LogP contribution in [0.25, 0.3) is 0 Å². The van der Waals surface area contributed by atoms with Crippen molar-refractivity contribution in [2.45, 2.75) is 43.9 Å². The van der Waals surface area contributed by atoms with Crippen LogP contribution in [-0.4, -0.2) is 28.4 Å². The number of para-hydroxylation sites is 1. The predicted octanol–water partition coefficient (Wildman–Crippen LogP) is 4.39. The zero-order valence-electron chi connectivity index (χ0n) is 14.5. The molecule has 1 amide bonds. The molecular weight excluding hydrogens is 340 g/mol. The molecule has 1 aromatic carbocycles. The maximum absolute atomic E-state index is 12.3. The summed E-state index contributed by atoms with van der Waals surface area (Å²) in [6, 6.07) is 7.94. The van der Waals surface area contributed by atoms with Gasteiger partial charge in [0.2, 0.25) is 11.0 Å².